The Hall–Kier alpha value is -3.54. The first kappa shape index (κ1) is 20.4. The number of pyridine rings is 2. The molecular weight excluding hydrogens is 398 g/mol. The van der Waals surface area contributed by atoms with Gasteiger partial charge in [-0.2, -0.15) is 0 Å². The third-order valence-corrected chi connectivity index (χ3v) is 6.56. The van der Waals surface area contributed by atoms with Crippen LogP contribution in [0.1, 0.15) is 55.4 Å². The van der Waals surface area contributed by atoms with Gasteiger partial charge in [0.1, 0.15) is 5.82 Å². The molecule has 0 saturated heterocycles. The maximum Gasteiger partial charge on any atom is 0.251 e. The van der Waals surface area contributed by atoms with Gasteiger partial charge in [0.15, 0.2) is 0 Å². The minimum absolute atomic E-state index is 0.155. The maximum absolute atomic E-state index is 11.7. The van der Waals surface area contributed by atoms with E-state index in [0.29, 0.717) is 11.7 Å². The van der Waals surface area contributed by atoms with E-state index < -0.39 is 0 Å². The molecule has 1 aliphatic carbocycles. The molecule has 32 heavy (non-hydrogen) atoms. The fraction of sp³-hybridized carbons (Fsp3) is 0.308. The second kappa shape index (κ2) is 8.19. The number of fused-ring (bicyclic) bond motifs is 1. The monoisotopic (exact) mass is 425 g/mol. The minimum atomic E-state index is -0.155. The zero-order chi connectivity index (χ0) is 22.2. The molecule has 1 aliphatic heterocycles. The van der Waals surface area contributed by atoms with Crippen LogP contribution in [0, 0.1) is 0 Å². The van der Waals surface area contributed by atoms with E-state index in [1.807, 2.05) is 26.2 Å². The van der Waals surface area contributed by atoms with Crippen LogP contribution >= 0.6 is 0 Å². The van der Waals surface area contributed by atoms with Gasteiger partial charge in [-0.15, -0.1) is 0 Å². The summed E-state index contributed by atoms with van der Waals surface area (Å²) >= 11 is 0. The highest BCUT2D eigenvalue weighted by molar-refractivity contribution is 5.65. The van der Waals surface area contributed by atoms with Crippen LogP contribution in [0.15, 0.2) is 65.5 Å². The van der Waals surface area contributed by atoms with Crippen molar-refractivity contribution < 1.29 is 0 Å². The van der Waals surface area contributed by atoms with E-state index >= 15 is 0 Å². The lowest BCUT2D eigenvalue weighted by Gasteiger charge is -2.32. The quantitative estimate of drug-likeness (QED) is 0.611. The fourth-order valence-electron chi connectivity index (χ4n) is 4.20. The van der Waals surface area contributed by atoms with Gasteiger partial charge < -0.3 is 9.88 Å². The van der Waals surface area contributed by atoms with E-state index in [4.69, 9.17) is 4.98 Å². The zero-order valence-electron chi connectivity index (χ0n) is 18.6. The van der Waals surface area contributed by atoms with E-state index in [-0.39, 0.29) is 5.56 Å². The molecule has 0 aromatic carbocycles. The molecule has 1 N–H and O–H groups in total. The molecule has 6 heteroatoms. The highest BCUT2D eigenvalue weighted by atomic mass is 16.1. The summed E-state index contributed by atoms with van der Waals surface area (Å²) in [6.07, 6.45) is 8.86. The Labute approximate surface area is 187 Å². The standard InChI is InChI=1S/C26H27N5O/c1-16(17(2)26-27-10-8-25(32)30-26)18(3)31-11-9-24-22(15-31)12-21(14-29-24)20-6-7-23(28-13-20)19-4-5-19/h6-8,10,12-14,19H,3-5,9,11,15H2,1-2H3,(H,27,30,32)/b17-16-. The first-order valence-electron chi connectivity index (χ1n) is 11.1. The van der Waals surface area contributed by atoms with Crippen LogP contribution in [0.25, 0.3) is 16.7 Å². The van der Waals surface area contributed by atoms with Crippen molar-refractivity contribution in [2.24, 2.45) is 0 Å². The molecule has 5 rings (SSSR count). The average Bonchev–Trinajstić information content (AvgIpc) is 3.67. The highest BCUT2D eigenvalue weighted by Gasteiger charge is 2.25. The Morgan fingerprint density at radius 1 is 1.09 bits per heavy atom. The molecule has 0 radical (unpaired) electrons. The summed E-state index contributed by atoms with van der Waals surface area (Å²) in [4.78, 5) is 30.5. The molecular formula is C26H27N5O. The topological polar surface area (TPSA) is 74.8 Å². The molecule has 0 bridgehead atoms. The average molecular weight is 426 g/mol. The van der Waals surface area contributed by atoms with Crippen LogP contribution in [0.3, 0.4) is 0 Å². The van der Waals surface area contributed by atoms with E-state index in [1.165, 1.54) is 36.4 Å². The molecule has 0 unspecified atom stereocenters. The van der Waals surface area contributed by atoms with Gasteiger partial charge in [0.2, 0.25) is 0 Å². The number of nitrogens with zero attached hydrogens (tertiary/aromatic N) is 4. The summed E-state index contributed by atoms with van der Waals surface area (Å²) in [6, 6.07) is 7.97. The first-order chi connectivity index (χ1) is 15.5. The van der Waals surface area contributed by atoms with Gasteiger partial charge >= 0.3 is 0 Å². The molecule has 3 aromatic rings. The SMILES string of the molecule is C=C(/C(C)=C(/C)c1nccc(=O)[nH]1)N1CCc2ncc(-c3ccc(C4CC4)nc3)cc2C1. The lowest BCUT2D eigenvalue weighted by molar-refractivity contribution is 0.326. The van der Waals surface area contributed by atoms with Gasteiger partial charge in [0, 0.05) is 78.3 Å². The number of nitrogens with one attached hydrogen (secondary N) is 1. The Balaban J connectivity index is 1.37. The second-order valence-electron chi connectivity index (χ2n) is 8.73. The summed E-state index contributed by atoms with van der Waals surface area (Å²) in [7, 11) is 0. The Morgan fingerprint density at radius 3 is 2.62 bits per heavy atom. The lowest BCUT2D eigenvalue weighted by atomic mass is 9.99. The van der Waals surface area contributed by atoms with Gasteiger partial charge in [0.05, 0.1) is 0 Å². The van der Waals surface area contributed by atoms with Crippen LogP contribution in [0.5, 0.6) is 0 Å². The summed E-state index contributed by atoms with van der Waals surface area (Å²) in [5.41, 5.74) is 8.50. The van der Waals surface area contributed by atoms with Crippen LogP contribution in [0.2, 0.25) is 0 Å². The molecule has 2 aliphatic rings. The number of aromatic nitrogens is 4. The van der Waals surface area contributed by atoms with Crippen molar-refractivity contribution in [1.82, 2.24) is 24.8 Å². The van der Waals surface area contributed by atoms with Crippen LogP contribution in [-0.4, -0.2) is 31.4 Å². The molecule has 3 aromatic heterocycles. The lowest BCUT2D eigenvalue weighted by Crippen LogP contribution is -2.30. The van der Waals surface area contributed by atoms with Crippen molar-refractivity contribution in [3.05, 3.63) is 93.8 Å². The Bertz CT molecular complexity index is 1270. The van der Waals surface area contributed by atoms with Crippen molar-refractivity contribution in [2.45, 2.75) is 45.6 Å². The molecule has 6 nitrogen and oxygen atoms in total. The van der Waals surface area contributed by atoms with Crippen LogP contribution < -0.4 is 5.56 Å². The smallest absolute Gasteiger partial charge is 0.251 e. The normalized spacial score (nSPS) is 16.4. The largest absolute Gasteiger partial charge is 0.367 e. The predicted octanol–water partition coefficient (Wildman–Crippen LogP) is 4.47. The van der Waals surface area contributed by atoms with Crippen molar-refractivity contribution in [3.8, 4) is 11.1 Å². The Morgan fingerprint density at radius 2 is 1.91 bits per heavy atom. The molecule has 1 fully saturated rings. The highest BCUT2D eigenvalue weighted by Crippen LogP contribution is 2.39. The number of H-pyrrole nitrogens is 1. The molecule has 4 heterocycles. The number of allylic oxidation sites excluding steroid dienone is 2. The van der Waals surface area contributed by atoms with E-state index in [0.717, 1.165) is 53.2 Å². The number of hydrogen-bond acceptors (Lipinski definition) is 5. The fourth-order valence-corrected chi connectivity index (χ4v) is 4.20. The first-order valence-corrected chi connectivity index (χ1v) is 11.1. The zero-order valence-corrected chi connectivity index (χ0v) is 18.6. The summed E-state index contributed by atoms with van der Waals surface area (Å²) < 4.78 is 0. The van der Waals surface area contributed by atoms with E-state index in [9.17, 15) is 4.79 Å². The minimum Gasteiger partial charge on any atom is -0.367 e. The molecule has 162 valence electrons. The second-order valence-corrected chi connectivity index (χ2v) is 8.73. The molecule has 0 spiro atoms. The van der Waals surface area contributed by atoms with E-state index in [2.05, 4.69) is 44.6 Å². The van der Waals surface area contributed by atoms with Crippen molar-refractivity contribution in [2.75, 3.05) is 6.54 Å². The van der Waals surface area contributed by atoms with Gasteiger partial charge in [-0.3, -0.25) is 14.8 Å². The predicted molar refractivity (Wildman–Crippen MR) is 126 cm³/mol. The summed E-state index contributed by atoms with van der Waals surface area (Å²) in [6.45, 7) is 9.96. The van der Waals surface area contributed by atoms with Gasteiger partial charge in [-0.25, -0.2) is 4.98 Å². The Kier molecular flexibility index (Phi) is 5.21. The van der Waals surface area contributed by atoms with Gasteiger partial charge in [-0.05, 0) is 55.5 Å². The van der Waals surface area contributed by atoms with Gasteiger partial charge in [0.25, 0.3) is 5.56 Å². The molecule has 1 saturated carbocycles. The maximum atomic E-state index is 11.7. The van der Waals surface area contributed by atoms with Crippen molar-refractivity contribution in [1.29, 1.82) is 0 Å². The number of aromatic amines is 1. The third kappa shape index (κ3) is 4.00. The molecule has 0 atom stereocenters. The number of rotatable bonds is 5. The summed E-state index contributed by atoms with van der Waals surface area (Å²) in [5, 5.41) is 0. The van der Waals surface area contributed by atoms with Gasteiger partial charge in [-0.1, -0.05) is 12.6 Å². The summed E-state index contributed by atoms with van der Waals surface area (Å²) in [5.74, 6) is 1.24. The number of hydrogen-bond donors (Lipinski definition) is 1. The molecule has 0 amide bonds. The van der Waals surface area contributed by atoms with Crippen LogP contribution in [-0.2, 0) is 13.0 Å². The van der Waals surface area contributed by atoms with Crippen molar-refractivity contribution >= 4 is 5.57 Å². The van der Waals surface area contributed by atoms with Crippen LogP contribution in [0.4, 0.5) is 0 Å². The van der Waals surface area contributed by atoms with Crippen molar-refractivity contribution in [3.63, 3.8) is 0 Å². The third-order valence-electron chi connectivity index (χ3n) is 6.56. The van der Waals surface area contributed by atoms with E-state index in [1.54, 1.807) is 0 Å².